The molecule has 0 aromatic heterocycles. The molecular weight excluding hydrogens is 404 g/mol. The average Bonchev–Trinajstić information content (AvgIpc) is 3.05. The molecule has 4 rings (SSSR count). The van der Waals surface area contributed by atoms with Gasteiger partial charge in [0.2, 0.25) is 0 Å². The molecule has 0 bridgehead atoms. The van der Waals surface area contributed by atoms with Gasteiger partial charge in [-0.05, 0) is 42.3 Å². The third kappa shape index (κ3) is 4.21. The second-order valence-corrected chi connectivity index (χ2v) is 7.21. The van der Waals surface area contributed by atoms with E-state index in [0.29, 0.717) is 34.9 Å². The van der Waals surface area contributed by atoms with Gasteiger partial charge in [0, 0.05) is 0 Å². The third-order valence-corrected chi connectivity index (χ3v) is 5.18. The minimum absolute atomic E-state index is 0.191. The molecule has 6 heteroatoms. The van der Waals surface area contributed by atoms with Gasteiger partial charge in [-0.2, -0.15) is 0 Å². The Balaban J connectivity index is 1.75. The van der Waals surface area contributed by atoms with Crippen LogP contribution in [0.15, 0.2) is 84.6 Å². The Morgan fingerprint density at radius 2 is 1.53 bits per heavy atom. The van der Waals surface area contributed by atoms with Gasteiger partial charge in [-0.3, -0.25) is 14.5 Å². The Hall–Kier alpha value is -4.06. The number of hydrogen-bond acceptors (Lipinski definition) is 5. The maximum atomic E-state index is 13.4. The van der Waals surface area contributed by atoms with Gasteiger partial charge in [-0.15, -0.1) is 0 Å². The summed E-state index contributed by atoms with van der Waals surface area (Å²) < 4.78 is 10.9. The van der Waals surface area contributed by atoms with Crippen molar-refractivity contribution in [2.75, 3.05) is 19.0 Å². The van der Waals surface area contributed by atoms with Gasteiger partial charge in [0.15, 0.2) is 0 Å². The van der Waals surface area contributed by atoms with Crippen LogP contribution in [0.5, 0.6) is 11.5 Å². The average molecular weight is 428 g/mol. The van der Waals surface area contributed by atoms with Crippen molar-refractivity contribution in [2.24, 2.45) is 0 Å². The SMILES string of the molecule is CCOc1ccccc1NC1=C(c2ccc(OC)cc2)C(=O)N(Cc2ccccc2)C1=O. The van der Waals surface area contributed by atoms with E-state index in [4.69, 9.17) is 9.47 Å². The van der Waals surface area contributed by atoms with E-state index in [1.54, 1.807) is 31.4 Å². The molecule has 0 saturated heterocycles. The molecule has 6 nitrogen and oxygen atoms in total. The summed E-state index contributed by atoms with van der Waals surface area (Å²) in [6, 6.07) is 23.9. The highest BCUT2D eigenvalue weighted by molar-refractivity contribution is 6.36. The van der Waals surface area contributed by atoms with Crippen LogP contribution in [0.2, 0.25) is 0 Å². The molecule has 1 aliphatic heterocycles. The Morgan fingerprint density at radius 3 is 2.22 bits per heavy atom. The molecule has 1 aliphatic rings. The number of carbonyl (C=O) groups excluding carboxylic acids is 2. The Kier molecular flexibility index (Phi) is 6.22. The molecule has 3 aromatic carbocycles. The highest BCUT2D eigenvalue weighted by Crippen LogP contribution is 2.34. The van der Waals surface area contributed by atoms with Crippen LogP contribution in [0.1, 0.15) is 18.1 Å². The molecule has 0 saturated carbocycles. The van der Waals surface area contributed by atoms with Gasteiger partial charge in [0.25, 0.3) is 11.8 Å². The third-order valence-electron chi connectivity index (χ3n) is 5.18. The maximum Gasteiger partial charge on any atom is 0.278 e. The molecule has 3 aromatic rings. The lowest BCUT2D eigenvalue weighted by molar-refractivity contribution is -0.137. The maximum absolute atomic E-state index is 13.4. The van der Waals surface area contributed by atoms with Crippen LogP contribution >= 0.6 is 0 Å². The molecule has 0 aliphatic carbocycles. The van der Waals surface area contributed by atoms with Gasteiger partial charge in [-0.1, -0.05) is 54.6 Å². The molecule has 0 spiro atoms. The van der Waals surface area contributed by atoms with Gasteiger partial charge < -0.3 is 14.8 Å². The smallest absolute Gasteiger partial charge is 0.278 e. The highest BCUT2D eigenvalue weighted by Gasteiger charge is 2.39. The van der Waals surface area contributed by atoms with Crippen LogP contribution in [0.25, 0.3) is 5.57 Å². The number of para-hydroxylation sites is 2. The molecule has 0 unspecified atom stereocenters. The Labute approximate surface area is 187 Å². The first-order valence-electron chi connectivity index (χ1n) is 10.4. The number of ether oxygens (including phenoxy) is 2. The number of carbonyl (C=O) groups is 2. The number of anilines is 1. The zero-order valence-electron chi connectivity index (χ0n) is 18.0. The minimum atomic E-state index is -0.379. The summed E-state index contributed by atoms with van der Waals surface area (Å²) in [5.41, 5.74) is 2.68. The predicted molar refractivity (Wildman–Crippen MR) is 123 cm³/mol. The molecule has 0 fully saturated rings. The summed E-state index contributed by atoms with van der Waals surface area (Å²) in [7, 11) is 1.58. The summed E-state index contributed by atoms with van der Waals surface area (Å²) in [5.74, 6) is 0.554. The van der Waals surface area contributed by atoms with E-state index in [1.807, 2.05) is 61.5 Å². The number of hydrogen-bond donors (Lipinski definition) is 1. The predicted octanol–water partition coefficient (Wildman–Crippen LogP) is 4.49. The number of nitrogens with zero attached hydrogens (tertiary/aromatic N) is 1. The van der Waals surface area contributed by atoms with E-state index >= 15 is 0 Å². The van der Waals surface area contributed by atoms with E-state index in [0.717, 1.165) is 5.56 Å². The van der Waals surface area contributed by atoms with Crippen LogP contribution in [-0.4, -0.2) is 30.4 Å². The molecule has 1 heterocycles. The van der Waals surface area contributed by atoms with Crippen molar-refractivity contribution in [2.45, 2.75) is 13.5 Å². The van der Waals surface area contributed by atoms with E-state index < -0.39 is 0 Å². The van der Waals surface area contributed by atoms with E-state index in [2.05, 4.69) is 5.32 Å². The first-order valence-corrected chi connectivity index (χ1v) is 10.4. The first kappa shape index (κ1) is 21.2. The fourth-order valence-corrected chi connectivity index (χ4v) is 3.61. The standard InChI is InChI=1S/C26H24N2O4/c1-3-32-22-12-8-7-11-21(22)27-24-23(19-13-15-20(31-2)16-14-19)25(29)28(26(24)30)17-18-9-5-4-6-10-18/h4-16,27H,3,17H2,1-2H3. The summed E-state index contributed by atoms with van der Waals surface area (Å²) in [6.45, 7) is 2.57. The normalized spacial score (nSPS) is 13.5. The summed E-state index contributed by atoms with van der Waals surface area (Å²) >= 11 is 0. The van der Waals surface area contributed by atoms with Crippen LogP contribution in [0, 0.1) is 0 Å². The largest absolute Gasteiger partial charge is 0.497 e. The summed E-state index contributed by atoms with van der Waals surface area (Å²) in [4.78, 5) is 28.1. The van der Waals surface area contributed by atoms with Crippen LogP contribution in [0.4, 0.5) is 5.69 Å². The molecule has 1 N–H and O–H groups in total. The molecule has 0 radical (unpaired) electrons. The van der Waals surface area contributed by atoms with Gasteiger partial charge in [0.1, 0.15) is 17.2 Å². The lowest BCUT2D eigenvalue weighted by atomic mass is 10.0. The Morgan fingerprint density at radius 1 is 0.844 bits per heavy atom. The van der Waals surface area contributed by atoms with Crippen molar-refractivity contribution in [1.82, 2.24) is 4.90 Å². The minimum Gasteiger partial charge on any atom is -0.497 e. The van der Waals surface area contributed by atoms with Crippen molar-refractivity contribution in [3.05, 3.63) is 95.7 Å². The van der Waals surface area contributed by atoms with Crippen LogP contribution in [-0.2, 0) is 16.1 Å². The number of rotatable bonds is 8. The second kappa shape index (κ2) is 9.39. The van der Waals surface area contributed by atoms with Gasteiger partial charge in [-0.25, -0.2) is 0 Å². The molecule has 0 atom stereocenters. The van der Waals surface area contributed by atoms with Crippen molar-refractivity contribution in [1.29, 1.82) is 0 Å². The van der Waals surface area contributed by atoms with Crippen molar-refractivity contribution in [3.8, 4) is 11.5 Å². The fourth-order valence-electron chi connectivity index (χ4n) is 3.61. The zero-order chi connectivity index (χ0) is 22.5. The summed E-state index contributed by atoms with van der Waals surface area (Å²) in [6.07, 6.45) is 0. The monoisotopic (exact) mass is 428 g/mol. The highest BCUT2D eigenvalue weighted by atomic mass is 16.5. The number of benzene rings is 3. The Bertz CT molecular complexity index is 1150. The van der Waals surface area contributed by atoms with Crippen molar-refractivity contribution in [3.63, 3.8) is 0 Å². The molecule has 2 amide bonds. The van der Waals surface area contributed by atoms with Crippen LogP contribution < -0.4 is 14.8 Å². The van der Waals surface area contributed by atoms with E-state index in [1.165, 1.54) is 4.90 Å². The first-order chi connectivity index (χ1) is 15.6. The van der Waals surface area contributed by atoms with E-state index in [9.17, 15) is 9.59 Å². The number of nitrogens with one attached hydrogen (secondary N) is 1. The molecule has 32 heavy (non-hydrogen) atoms. The fraction of sp³-hybridized carbons (Fsp3) is 0.154. The second-order valence-electron chi connectivity index (χ2n) is 7.21. The van der Waals surface area contributed by atoms with Crippen molar-refractivity contribution < 1.29 is 19.1 Å². The van der Waals surface area contributed by atoms with Gasteiger partial charge >= 0.3 is 0 Å². The molecule has 162 valence electrons. The molecular formula is C26H24N2O4. The quantitative estimate of drug-likeness (QED) is 0.536. The number of imide groups is 1. The lowest BCUT2D eigenvalue weighted by Crippen LogP contribution is -2.32. The number of amides is 2. The van der Waals surface area contributed by atoms with E-state index in [-0.39, 0.29) is 24.1 Å². The van der Waals surface area contributed by atoms with Crippen LogP contribution in [0.3, 0.4) is 0 Å². The summed E-state index contributed by atoms with van der Waals surface area (Å²) in [5, 5.41) is 3.18. The zero-order valence-corrected chi connectivity index (χ0v) is 18.0. The topological polar surface area (TPSA) is 67.9 Å². The van der Waals surface area contributed by atoms with Gasteiger partial charge in [0.05, 0.1) is 31.5 Å². The lowest BCUT2D eigenvalue weighted by Gasteiger charge is -2.16. The number of methoxy groups -OCH3 is 1. The van der Waals surface area contributed by atoms with Crippen molar-refractivity contribution >= 4 is 23.1 Å².